The summed E-state index contributed by atoms with van der Waals surface area (Å²) in [6, 6.07) is 1.91. The van der Waals surface area contributed by atoms with E-state index < -0.39 is 5.60 Å². The maximum atomic E-state index is 9.66. The molecular formula is C13H21N5O2S. The Balaban J connectivity index is 1.95. The van der Waals surface area contributed by atoms with Crippen LogP contribution in [0, 0.1) is 0 Å². The molecule has 0 unspecified atom stereocenters. The molecule has 0 fully saturated rings. The van der Waals surface area contributed by atoms with Crippen molar-refractivity contribution in [3.63, 3.8) is 0 Å². The zero-order valence-corrected chi connectivity index (χ0v) is 13.4. The van der Waals surface area contributed by atoms with Gasteiger partial charge in [-0.1, -0.05) is 0 Å². The number of ether oxygens (including phenoxy) is 1. The first-order valence-electron chi connectivity index (χ1n) is 6.72. The highest BCUT2D eigenvalue weighted by Crippen LogP contribution is 2.14. The van der Waals surface area contributed by atoms with Gasteiger partial charge in [-0.2, -0.15) is 26.4 Å². The average molecular weight is 311 g/mol. The number of aliphatic hydroxyl groups is 1. The van der Waals surface area contributed by atoms with Crippen LogP contribution in [0.2, 0.25) is 0 Å². The van der Waals surface area contributed by atoms with Crippen LogP contribution < -0.4 is 5.32 Å². The number of aromatic nitrogens is 4. The van der Waals surface area contributed by atoms with Crippen LogP contribution in [0.4, 0.5) is 5.82 Å². The van der Waals surface area contributed by atoms with E-state index in [1.165, 1.54) is 6.33 Å². The van der Waals surface area contributed by atoms with Crippen molar-refractivity contribution in [1.82, 2.24) is 19.6 Å². The van der Waals surface area contributed by atoms with Crippen molar-refractivity contribution < 1.29 is 9.84 Å². The molecule has 0 aliphatic heterocycles. The summed E-state index contributed by atoms with van der Waals surface area (Å²) in [7, 11) is 1.63. The third kappa shape index (κ3) is 4.83. The lowest BCUT2D eigenvalue weighted by molar-refractivity contribution is 0.107. The Morgan fingerprint density at radius 3 is 3.00 bits per heavy atom. The molecule has 2 aromatic rings. The first-order chi connectivity index (χ1) is 9.99. The lowest BCUT2D eigenvalue weighted by Crippen LogP contribution is -2.22. The Bertz CT molecular complexity index is 581. The van der Waals surface area contributed by atoms with E-state index in [-0.39, 0.29) is 0 Å². The molecule has 21 heavy (non-hydrogen) atoms. The van der Waals surface area contributed by atoms with Crippen LogP contribution in [0.3, 0.4) is 0 Å². The molecule has 0 saturated heterocycles. The van der Waals surface area contributed by atoms with Gasteiger partial charge in [0.15, 0.2) is 0 Å². The number of nitrogens with one attached hydrogen (secondary N) is 1. The van der Waals surface area contributed by atoms with E-state index in [0.29, 0.717) is 18.1 Å². The fourth-order valence-corrected chi connectivity index (χ4v) is 2.67. The number of nitrogens with zero attached hydrogens (tertiary/aromatic N) is 4. The van der Waals surface area contributed by atoms with Crippen molar-refractivity contribution in [2.75, 3.05) is 30.5 Å². The fraction of sp³-hybridized carbons (Fsp3) is 0.615. The van der Waals surface area contributed by atoms with Gasteiger partial charge >= 0.3 is 0 Å². The number of hydrogen-bond donors (Lipinski definition) is 2. The molecule has 116 valence electrons. The molecule has 7 nitrogen and oxygen atoms in total. The molecule has 2 rings (SSSR count). The fourth-order valence-electron chi connectivity index (χ4n) is 1.78. The van der Waals surface area contributed by atoms with Crippen LogP contribution in [0.15, 0.2) is 12.4 Å². The van der Waals surface area contributed by atoms with E-state index in [4.69, 9.17) is 4.74 Å². The Hall–Kier alpha value is -1.38. The van der Waals surface area contributed by atoms with Gasteiger partial charge < -0.3 is 15.2 Å². The summed E-state index contributed by atoms with van der Waals surface area (Å²) in [5.41, 5.74) is 0.177. The third-order valence-corrected chi connectivity index (χ3v) is 4.01. The van der Waals surface area contributed by atoms with Gasteiger partial charge in [0, 0.05) is 31.2 Å². The largest absolute Gasteiger partial charge is 0.390 e. The zero-order chi connectivity index (χ0) is 15.3. The third-order valence-electron chi connectivity index (χ3n) is 2.60. The number of anilines is 1. The standard InChI is InChI=1S/C13H21N5O2S/c1-13(2,19)8-21-5-4-14-11-6-10(7-20-3)17-12-15-9-16-18(11)12/h6,9,14,19H,4-5,7-8H2,1-3H3. The lowest BCUT2D eigenvalue weighted by Gasteiger charge is -2.16. The van der Waals surface area contributed by atoms with E-state index in [2.05, 4.69) is 20.4 Å². The summed E-state index contributed by atoms with van der Waals surface area (Å²) in [5.74, 6) is 2.99. The van der Waals surface area contributed by atoms with Crippen molar-refractivity contribution in [2.45, 2.75) is 26.1 Å². The molecule has 2 heterocycles. The van der Waals surface area contributed by atoms with Gasteiger partial charge in [0.25, 0.3) is 5.78 Å². The molecule has 8 heteroatoms. The first kappa shape index (κ1) is 16.0. The van der Waals surface area contributed by atoms with E-state index >= 15 is 0 Å². The molecule has 2 aromatic heterocycles. The quantitative estimate of drug-likeness (QED) is 0.708. The molecule has 0 aliphatic carbocycles. The first-order valence-corrected chi connectivity index (χ1v) is 7.88. The second-order valence-corrected chi connectivity index (χ2v) is 6.43. The van der Waals surface area contributed by atoms with Gasteiger partial charge in [0.2, 0.25) is 0 Å². The van der Waals surface area contributed by atoms with E-state index in [0.717, 1.165) is 23.8 Å². The minimum absolute atomic E-state index is 0.436. The van der Waals surface area contributed by atoms with Crippen LogP contribution >= 0.6 is 11.8 Å². The second kappa shape index (κ2) is 7.06. The molecule has 0 spiro atoms. The van der Waals surface area contributed by atoms with Crippen LogP contribution in [0.25, 0.3) is 5.78 Å². The van der Waals surface area contributed by atoms with Crippen molar-refractivity contribution in [2.24, 2.45) is 0 Å². The number of thioether (sulfide) groups is 1. The highest BCUT2D eigenvalue weighted by atomic mass is 32.2. The van der Waals surface area contributed by atoms with Crippen molar-refractivity contribution in [3.05, 3.63) is 18.1 Å². The van der Waals surface area contributed by atoms with Gasteiger partial charge in [-0.3, -0.25) is 0 Å². The topological polar surface area (TPSA) is 84.6 Å². The molecule has 0 saturated carbocycles. The molecule has 0 atom stereocenters. The molecule has 0 aliphatic rings. The predicted octanol–water partition coefficient (Wildman–Crippen LogP) is 1.19. The maximum Gasteiger partial charge on any atom is 0.254 e. The van der Waals surface area contributed by atoms with Gasteiger partial charge in [-0.15, -0.1) is 0 Å². The van der Waals surface area contributed by atoms with Gasteiger partial charge in [-0.25, -0.2) is 4.98 Å². The van der Waals surface area contributed by atoms with Crippen LogP contribution in [-0.2, 0) is 11.3 Å². The Labute approximate surface area is 128 Å². The van der Waals surface area contributed by atoms with Crippen molar-refractivity contribution in [3.8, 4) is 0 Å². The monoisotopic (exact) mass is 311 g/mol. The minimum atomic E-state index is -0.633. The summed E-state index contributed by atoms with van der Waals surface area (Å²) in [4.78, 5) is 8.45. The highest BCUT2D eigenvalue weighted by Gasteiger charge is 2.12. The smallest absolute Gasteiger partial charge is 0.254 e. The Kier molecular flexibility index (Phi) is 5.38. The summed E-state index contributed by atoms with van der Waals surface area (Å²) in [6.45, 7) is 4.83. The number of methoxy groups -OCH3 is 1. The van der Waals surface area contributed by atoms with Crippen molar-refractivity contribution >= 4 is 23.4 Å². The van der Waals surface area contributed by atoms with Crippen LogP contribution in [-0.4, -0.2) is 55.4 Å². The molecule has 0 aromatic carbocycles. The molecule has 2 N–H and O–H groups in total. The Morgan fingerprint density at radius 1 is 1.48 bits per heavy atom. The number of fused-ring (bicyclic) bond motifs is 1. The summed E-state index contributed by atoms with van der Waals surface area (Å²) >= 11 is 1.70. The summed E-state index contributed by atoms with van der Waals surface area (Å²) < 4.78 is 6.78. The Morgan fingerprint density at radius 2 is 2.29 bits per heavy atom. The normalized spacial score (nSPS) is 12.0. The minimum Gasteiger partial charge on any atom is -0.390 e. The van der Waals surface area contributed by atoms with Gasteiger partial charge in [-0.05, 0) is 13.8 Å². The highest BCUT2D eigenvalue weighted by molar-refractivity contribution is 7.99. The predicted molar refractivity (Wildman–Crippen MR) is 83.6 cm³/mol. The van der Waals surface area contributed by atoms with E-state index in [9.17, 15) is 5.11 Å². The van der Waals surface area contributed by atoms with Crippen LogP contribution in [0.5, 0.6) is 0 Å². The number of rotatable bonds is 8. The van der Waals surface area contributed by atoms with Gasteiger partial charge in [0.1, 0.15) is 12.1 Å². The molecular weight excluding hydrogens is 290 g/mol. The average Bonchev–Trinajstić information content (AvgIpc) is 2.85. The van der Waals surface area contributed by atoms with Crippen molar-refractivity contribution in [1.29, 1.82) is 0 Å². The molecule has 0 bridgehead atoms. The zero-order valence-electron chi connectivity index (χ0n) is 12.5. The lowest BCUT2D eigenvalue weighted by atomic mass is 10.2. The summed E-state index contributed by atoms with van der Waals surface area (Å²) in [6.07, 6.45) is 1.48. The van der Waals surface area contributed by atoms with Gasteiger partial charge in [0.05, 0.1) is 17.9 Å². The summed E-state index contributed by atoms with van der Waals surface area (Å²) in [5, 5.41) is 17.1. The maximum absolute atomic E-state index is 9.66. The number of hydrogen-bond acceptors (Lipinski definition) is 7. The molecule has 0 amide bonds. The van der Waals surface area contributed by atoms with E-state index in [1.54, 1.807) is 23.4 Å². The van der Waals surface area contributed by atoms with Crippen LogP contribution in [0.1, 0.15) is 19.5 Å². The molecule has 0 radical (unpaired) electrons. The van der Waals surface area contributed by atoms with E-state index in [1.807, 2.05) is 19.9 Å². The second-order valence-electron chi connectivity index (χ2n) is 5.33. The SMILES string of the molecule is COCc1cc(NCCSCC(C)(C)O)n2ncnc2n1.